The van der Waals surface area contributed by atoms with Gasteiger partial charge in [0.25, 0.3) is 0 Å². The molecule has 2 aromatic rings. The van der Waals surface area contributed by atoms with E-state index in [1.807, 2.05) is 0 Å². The van der Waals surface area contributed by atoms with Crippen molar-refractivity contribution >= 4 is 21.7 Å². The molecule has 1 aromatic carbocycles. The summed E-state index contributed by atoms with van der Waals surface area (Å²) in [7, 11) is 0. The third-order valence-corrected chi connectivity index (χ3v) is 2.74. The highest BCUT2D eigenvalue weighted by Gasteiger charge is 2.19. The molecule has 0 saturated carbocycles. The van der Waals surface area contributed by atoms with Gasteiger partial charge in [0.1, 0.15) is 5.82 Å². The van der Waals surface area contributed by atoms with Crippen LogP contribution in [0, 0.1) is 5.82 Å². The van der Waals surface area contributed by atoms with Crippen LogP contribution in [0.25, 0.3) is 11.1 Å². The van der Waals surface area contributed by atoms with Crippen molar-refractivity contribution in [2.75, 3.05) is 5.73 Å². The van der Waals surface area contributed by atoms with Crippen LogP contribution in [0.2, 0.25) is 0 Å². The van der Waals surface area contributed by atoms with Crippen molar-refractivity contribution < 1.29 is 14.6 Å². The summed E-state index contributed by atoms with van der Waals surface area (Å²) in [6.45, 7) is 0. The molecule has 0 atom stereocenters. The summed E-state index contributed by atoms with van der Waals surface area (Å²) >= 11 is 3.08. The average Bonchev–Trinajstić information content (AvgIpc) is 2.62. The van der Waals surface area contributed by atoms with Crippen LogP contribution in [0.5, 0.6) is 11.5 Å². The van der Waals surface area contributed by atoms with E-state index in [2.05, 4.69) is 26.1 Å². The average molecular weight is 288 g/mol. The van der Waals surface area contributed by atoms with E-state index in [9.17, 15) is 14.6 Å². The van der Waals surface area contributed by atoms with Gasteiger partial charge < -0.3 is 15.9 Å². The van der Waals surface area contributed by atoms with Gasteiger partial charge in [-0.2, -0.15) is 5.10 Å². The number of rotatable bonds is 1. The van der Waals surface area contributed by atoms with Crippen molar-refractivity contribution in [3.8, 4) is 22.6 Å². The van der Waals surface area contributed by atoms with Crippen LogP contribution in [0.3, 0.4) is 0 Å². The second-order valence-electron chi connectivity index (χ2n) is 3.11. The number of phenols is 2. The fraction of sp³-hybridized carbons (Fsp3) is 0. The number of H-pyrrole nitrogens is 1. The normalized spacial score (nSPS) is 10.6. The number of halogens is 2. The van der Waals surface area contributed by atoms with Gasteiger partial charge in [-0.25, -0.2) is 4.39 Å². The van der Waals surface area contributed by atoms with E-state index in [0.29, 0.717) is 5.56 Å². The standard InChI is InChI=1S/C9H7BrFN3O2/c10-4-1-5(11)7(15)8(16)6(4)3-2-13-14-9(3)12/h1-2,15-16H,(H3,12,13,14). The number of aromatic amines is 1. The molecular formula is C9H7BrFN3O2. The number of anilines is 1. The Morgan fingerprint density at radius 3 is 2.62 bits per heavy atom. The first-order valence-corrected chi connectivity index (χ1v) is 5.00. The summed E-state index contributed by atoms with van der Waals surface area (Å²) < 4.78 is 13.3. The minimum Gasteiger partial charge on any atom is -0.504 e. The molecule has 2 rings (SSSR count). The van der Waals surface area contributed by atoms with Gasteiger partial charge in [-0.05, 0) is 22.0 Å². The van der Waals surface area contributed by atoms with Gasteiger partial charge in [0.05, 0.1) is 6.20 Å². The minimum absolute atomic E-state index is 0.185. The number of aromatic nitrogens is 2. The van der Waals surface area contributed by atoms with E-state index in [0.717, 1.165) is 6.07 Å². The van der Waals surface area contributed by atoms with E-state index in [1.165, 1.54) is 6.20 Å². The largest absolute Gasteiger partial charge is 0.504 e. The van der Waals surface area contributed by atoms with Gasteiger partial charge in [-0.3, -0.25) is 5.10 Å². The second-order valence-corrected chi connectivity index (χ2v) is 3.96. The van der Waals surface area contributed by atoms with Crippen LogP contribution in [-0.4, -0.2) is 20.4 Å². The molecule has 5 N–H and O–H groups in total. The van der Waals surface area contributed by atoms with Crippen LogP contribution >= 0.6 is 15.9 Å². The monoisotopic (exact) mass is 287 g/mol. The van der Waals surface area contributed by atoms with E-state index in [-0.39, 0.29) is 15.9 Å². The van der Waals surface area contributed by atoms with Crippen molar-refractivity contribution in [3.05, 3.63) is 22.6 Å². The van der Waals surface area contributed by atoms with Gasteiger partial charge >= 0.3 is 0 Å². The number of benzene rings is 1. The molecule has 0 aliphatic carbocycles. The summed E-state index contributed by atoms with van der Waals surface area (Å²) in [5, 5.41) is 25.1. The van der Waals surface area contributed by atoms with Crippen LogP contribution < -0.4 is 5.73 Å². The molecule has 0 amide bonds. The van der Waals surface area contributed by atoms with Crippen molar-refractivity contribution in [3.63, 3.8) is 0 Å². The minimum atomic E-state index is -0.921. The first-order chi connectivity index (χ1) is 7.52. The Morgan fingerprint density at radius 2 is 2.06 bits per heavy atom. The molecule has 5 nitrogen and oxygen atoms in total. The van der Waals surface area contributed by atoms with Crippen molar-refractivity contribution in [2.24, 2.45) is 0 Å². The van der Waals surface area contributed by atoms with Crippen LogP contribution in [-0.2, 0) is 0 Å². The number of nitrogen functional groups attached to an aromatic ring is 1. The lowest BCUT2D eigenvalue weighted by atomic mass is 10.1. The second kappa shape index (κ2) is 3.67. The van der Waals surface area contributed by atoms with Gasteiger partial charge in [0, 0.05) is 15.6 Å². The highest BCUT2D eigenvalue weighted by Crippen LogP contribution is 2.44. The van der Waals surface area contributed by atoms with Crippen molar-refractivity contribution in [2.45, 2.75) is 0 Å². The highest BCUT2D eigenvalue weighted by atomic mass is 79.9. The summed E-state index contributed by atoms with van der Waals surface area (Å²) in [6.07, 6.45) is 1.37. The molecule has 16 heavy (non-hydrogen) atoms. The lowest BCUT2D eigenvalue weighted by Crippen LogP contribution is -1.90. The summed E-state index contributed by atoms with van der Waals surface area (Å²) in [5.41, 5.74) is 6.13. The number of phenolic OH excluding ortho intramolecular Hbond substituents is 2. The van der Waals surface area contributed by atoms with E-state index in [4.69, 9.17) is 5.73 Å². The zero-order chi connectivity index (χ0) is 11.9. The molecule has 0 aliphatic heterocycles. The van der Waals surface area contributed by atoms with Crippen LogP contribution in [0.1, 0.15) is 0 Å². The maximum atomic E-state index is 13.1. The van der Waals surface area contributed by atoms with Gasteiger partial charge in [-0.15, -0.1) is 0 Å². The third-order valence-electron chi connectivity index (χ3n) is 2.12. The SMILES string of the molecule is Nc1[nH]ncc1-c1c(Br)cc(F)c(O)c1O. The molecule has 0 unspecified atom stereocenters. The molecule has 7 heteroatoms. The first-order valence-electron chi connectivity index (χ1n) is 4.21. The maximum Gasteiger partial charge on any atom is 0.194 e. The number of nitrogens with two attached hydrogens (primary N) is 1. The number of nitrogens with one attached hydrogen (secondary N) is 1. The molecular weight excluding hydrogens is 281 g/mol. The Labute approximate surface area is 97.8 Å². The summed E-state index contributed by atoms with van der Waals surface area (Å²) in [6, 6.07) is 1.04. The van der Waals surface area contributed by atoms with Gasteiger partial charge in [-0.1, -0.05) is 0 Å². The van der Waals surface area contributed by atoms with Gasteiger partial charge in [0.15, 0.2) is 17.3 Å². The van der Waals surface area contributed by atoms with Gasteiger partial charge in [0.2, 0.25) is 0 Å². The Balaban J connectivity index is 2.76. The Kier molecular flexibility index (Phi) is 2.47. The molecule has 1 aromatic heterocycles. The van der Waals surface area contributed by atoms with Crippen LogP contribution in [0.4, 0.5) is 10.2 Å². The van der Waals surface area contributed by atoms with Crippen LogP contribution in [0.15, 0.2) is 16.7 Å². The number of hydrogen-bond donors (Lipinski definition) is 4. The van der Waals surface area contributed by atoms with Crippen molar-refractivity contribution in [1.29, 1.82) is 0 Å². The Morgan fingerprint density at radius 1 is 1.38 bits per heavy atom. The summed E-state index contributed by atoms with van der Waals surface area (Å²) in [5.74, 6) is -2.11. The molecule has 0 fully saturated rings. The molecule has 0 radical (unpaired) electrons. The molecule has 0 bridgehead atoms. The fourth-order valence-corrected chi connectivity index (χ4v) is 1.95. The zero-order valence-corrected chi connectivity index (χ0v) is 9.42. The maximum absolute atomic E-state index is 13.1. The molecule has 0 spiro atoms. The Hall–Kier alpha value is -1.76. The Bertz CT molecular complexity index is 556. The lowest BCUT2D eigenvalue weighted by Gasteiger charge is -2.08. The quantitative estimate of drug-likeness (QED) is 0.603. The highest BCUT2D eigenvalue weighted by molar-refractivity contribution is 9.10. The van der Waals surface area contributed by atoms with E-state index < -0.39 is 17.3 Å². The topological polar surface area (TPSA) is 95.2 Å². The molecule has 84 valence electrons. The lowest BCUT2D eigenvalue weighted by molar-refractivity contribution is 0.380. The smallest absolute Gasteiger partial charge is 0.194 e. The zero-order valence-electron chi connectivity index (χ0n) is 7.83. The van der Waals surface area contributed by atoms with E-state index in [1.54, 1.807) is 0 Å². The molecule has 0 aliphatic rings. The number of aromatic hydroxyl groups is 2. The number of hydrogen-bond acceptors (Lipinski definition) is 4. The molecule has 0 saturated heterocycles. The van der Waals surface area contributed by atoms with E-state index >= 15 is 0 Å². The predicted molar refractivity (Wildman–Crippen MR) is 59.4 cm³/mol. The molecule has 1 heterocycles. The number of nitrogens with zero attached hydrogens (tertiary/aromatic N) is 1. The predicted octanol–water partition coefficient (Wildman–Crippen LogP) is 1.97. The third kappa shape index (κ3) is 1.49. The summed E-state index contributed by atoms with van der Waals surface area (Å²) in [4.78, 5) is 0. The fourth-order valence-electron chi connectivity index (χ4n) is 1.35. The first kappa shape index (κ1) is 10.7. The van der Waals surface area contributed by atoms with Crippen molar-refractivity contribution in [1.82, 2.24) is 10.2 Å².